The highest BCUT2D eigenvalue weighted by molar-refractivity contribution is 7.46. The van der Waals surface area contributed by atoms with Gasteiger partial charge in [-0.25, -0.2) is 14.5 Å². The largest absolute Gasteiger partial charge is 0.471 e. The highest BCUT2D eigenvalue weighted by atomic mass is 31.2. The number of aliphatic hydroxyl groups is 1. The van der Waals surface area contributed by atoms with Crippen molar-refractivity contribution < 1.29 is 60.4 Å². The summed E-state index contributed by atoms with van der Waals surface area (Å²) in [4.78, 5) is 105. The number of nitrogens with zero attached hydrogens (tertiary/aromatic N) is 10. The van der Waals surface area contributed by atoms with Crippen molar-refractivity contribution in [2.75, 3.05) is 59.3 Å². The van der Waals surface area contributed by atoms with Crippen molar-refractivity contribution >= 4 is 60.1 Å². The summed E-state index contributed by atoms with van der Waals surface area (Å²) in [6.45, 7) is 6.91. The summed E-state index contributed by atoms with van der Waals surface area (Å²) in [5.41, 5.74) is 2.39. The second-order valence-electron chi connectivity index (χ2n) is 22.3. The number of halogens is 3. The van der Waals surface area contributed by atoms with E-state index in [0.29, 0.717) is 59.0 Å². The van der Waals surface area contributed by atoms with Gasteiger partial charge in [-0.2, -0.15) is 13.2 Å². The van der Waals surface area contributed by atoms with Crippen molar-refractivity contribution in [1.29, 1.82) is 0 Å². The molecule has 11 rings (SSSR count). The number of hydrogen-bond acceptors (Lipinski definition) is 14. The lowest BCUT2D eigenvalue weighted by atomic mass is 9.90. The maximum Gasteiger partial charge on any atom is 0.471 e. The van der Waals surface area contributed by atoms with Crippen LogP contribution in [-0.4, -0.2) is 136 Å². The number of carbonyl (C=O) groups is 4. The zero-order valence-electron chi connectivity index (χ0n) is 47.4. The molecule has 424 valence electrons. The number of benzene rings is 1. The Kier molecular flexibility index (Phi) is 13.2. The van der Waals surface area contributed by atoms with E-state index in [9.17, 15) is 43.4 Å². The highest BCUT2D eigenvalue weighted by Gasteiger charge is 2.46. The average molecular weight is 1130 g/mol. The molecule has 80 heavy (non-hydrogen) atoms. The summed E-state index contributed by atoms with van der Waals surface area (Å²) >= 11 is 0. The fourth-order valence-corrected chi connectivity index (χ4v) is 13.3. The third-order valence-electron chi connectivity index (χ3n) is 16.5. The van der Waals surface area contributed by atoms with Gasteiger partial charge in [0.1, 0.15) is 35.3 Å². The van der Waals surface area contributed by atoms with Crippen molar-refractivity contribution in [3.8, 4) is 11.1 Å². The summed E-state index contributed by atoms with van der Waals surface area (Å²) in [6, 6.07) is 11.4. The molecule has 0 bridgehead atoms. The summed E-state index contributed by atoms with van der Waals surface area (Å²) in [5.74, 6) is -2.42. The Morgan fingerprint density at radius 1 is 0.912 bits per heavy atom. The predicted octanol–water partition coefficient (Wildman–Crippen LogP) is 5.79. The van der Waals surface area contributed by atoms with Gasteiger partial charge in [-0.05, 0) is 117 Å². The minimum absolute atomic E-state index is 0.0402. The zero-order chi connectivity index (χ0) is 59.4. The number of fused-ring (bicyclic) bond motifs is 4. The molecule has 5 aromatic rings. The fraction of sp³-hybridized carbons (Fsp3) is 0.473. The van der Waals surface area contributed by atoms with Gasteiger partial charge >= 0.3 is 14.0 Å². The van der Waals surface area contributed by atoms with Gasteiger partial charge in [0.15, 0.2) is 5.69 Å². The van der Waals surface area contributed by atoms with Crippen LogP contribution in [0.5, 0.6) is 0 Å². The number of carbonyl (C=O) groups excluding carboxylic acids is 4. The van der Waals surface area contributed by atoms with Crippen LogP contribution >= 0.6 is 7.82 Å². The van der Waals surface area contributed by atoms with E-state index in [0.717, 1.165) is 48.8 Å². The normalized spacial score (nSPS) is 22.1. The van der Waals surface area contributed by atoms with E-state index in [4.69, 9.17) is 4.11 Å². The fourth-order valence-electron chi connectivity index (χ4n) is 12.8. The maximum absolute atomic E-state index is 15.1. The molecule has 6 aliphatic rings. The van der Waals surface area contributed by atoms with E-state index in [2.05, 4.69) is 43.5 Å². The van der Waals surface area contributed by atoms with Crippen molar-refractivity contribution in [3.05, 3.63) is 111 Å². The Morgan fingerprint density at radius 3 is 2.40 bits per heavy atom. The van der Waals surface area contributed by atoms with Crippen molar-refractivity contribution in [2.24, 2.45) is 12.4 Å². The van der Waals surface area contributed by atoms with Crippen LogP contribution < -0.4 is 25.6 Å². The first-order valence-electron chi connectivity index (χ1n) is 28.1. The predicted molar refractivity (Wildman–Crippen MR) is 288 cm³/mol. The molecule has 3 fully saturated rings. The number of amides is 4. The van der Waals surface area contributed by atoms with Gasteiger partial charge in [-0.15, -0.1) is 0 Å². The number of alkyl halides is 3. The number of aromatic nitrogens is 4. The minimum Gasteiger partial charge on any atom is -0.392 e. The first-order valence-corrected chi connectivity index (χ1v) is 28.2. The van der Waals surface area contributed by atoms with Crippen LogP contribution in [0.1, 0.15) is 106 Å². The number of aryl methyl sites for hydroxylation is 1. The number of imide groups is 1. The molecule has 21 nitrogen and oxygen atoms in total. The molecule has 3 saturated heterocycles. The number of piperidine rings is 2. The summed E-state index contributed by atoms with van der Waals surface area (Å²) in [6.07, 6.45) is -0.997. The molecule has 2 unspecified atom stereocenters. The Bertz CT molecular complexity index is 3580. The number of nitrogens with one attached hydrogen (secondary N) is 1. The van der Waals surface area contributed by atoms with E-state index in [1.807, 2.05) is 29.7 Å². The smallest absolute Gasteiger partial charge is 0.392 e. The van der Waals surface area contributed by atoms with Crippen molar-refractivity contribution in [2.45, 2.75) is 116 Å². The molecular weight excluding hydrogens is 1060 g/mol. The molecule has 4 amide bonds. The Morgan fingerprint density at radius 2 is 1.69 bits per heavy atom. The van der Waals surface area contributed by atoms with Crippen LogP contribution in [0.3, 0.4) is 0 Å². The molecule has 4 aromatic heterocycles. The van der Waals surface area contributed by atoms with Gasteiger partial charge in [0.05, 0.1) is 12.3 Å². The third-order valence-corrected chi connectivity index (χ3v) is 17.1. The van der Waals surface area contributed by atoms with Crippen LogP contribution in [0.15, 0.2) is 65.7 Å². The number of rotatable bonds is 12. The van der Waals surface area contributed by atoms with E-state index in [1.165, 1.54) is 47.2 Å². The van der Waals surface area contributed by atoms with E-state index < -0.39 is 80.6 Å². The average Bonchev–Trinajstić information content (AvgIpc) is 3.43. The quantitative estimate of drug-likeness (QED) is 0.0854. The lowest BCUT2D eigenvalue weighted by Gasteiger charge is -2.47. The van der Waals surface area contributed by atoms with Gasteiger partial charge in [-0.3, -0.25) is 43.2 Å². The Balaban J connectivity index is 0.761. The van der Waals surface area contributed by atoms with Crippen LogP contribution in [0.4, 0.5) is 41.9 Å². The molecule has 5 aliphatic heterocycles. The summed E-state index contributed by atoms with van der Waals surface area (Å²) in [7, 11) is -5.04. The minimum atomic E-state index is -5.04. The van der Waals surface area contributed by atoms with Gasteiger partial charge in [0.25, 0.3) is 23.3 Å². The third kappa shape index (κ3) is 10.2. The molecule has 1 aliphatic carbocycles. The maximum atomic E-state index is 15.1. The number of anilines is 5. The molecule has 25 heteroatoms. The lowest BCUT2D eigenvalue weighted by Crippen LogP contribution is -2.57. The van der Waals surface area contributed by atoms with E-state index in [-0.39, 0.29) is 83.9 Å². The molecule has 3 atom stereocenters. The van der Waals surface area contributed by atoms with Crippen LogP contribution in [0.25, 0.3) is 11.1 Å². The molecule has 4 N–H and O–H groups in total. The second kappa shape index (κ2) is 20.5. The monoisotopic (exact) mass is 1130 g/mol. The van der Waals surface area contributed by atoms with Crippen LogP contribution in [0.2, 0.25) is 0 Å². The zero-order valence-corrected chi connectivity index (χ0v) is 45.3. The number of phosphoric ester groups is 1. The number of aliphatic hydroxyl groups excluding tert-OH is 1. The van der Waals surface area contributed by atoms with Crippen molar-refractivity contribution in [3.63, 3.8) is 0 Å². The Hall–Kier alpha value is -6.95. The number of phosphoric acid groups is 1. The van der Waals surface area contributed by atoms with Gasteiger partial charge in [0.2, 0.25) is 5.91 Å². The summed E-state index contributed by atoms with van der Waals surface area (Å²) < 4.78 is 88.8. The molecule has 1 aromatic carbocycles. The SMILES string of the molecule is [2H]C([2H])([2H])n1cc(-c2ccnc(N3CCn4c(cc5c4CC(C)(C)C5)C3=O)c2CO)cc(Nc2ccc(N3CCN(C4CCN(c5ccc6c(c5)CN(C5CCC(=O)N(C(C)OP(=O)(O)O)C5=O)C6=O)CC4)C[C@@H]3C)c(C(F)(F)F)n2)c1=O. The number of hydrogen-bond donors (Lipinski definition) is 4. The van der Waals surface area contributed by atoms with E-state index in [1.54, 1.807) is 11.0 Å². The number of pyridine rings is 3. The van der Waals surface area contributed by atoms with Gasteiger partial charge < -0.3 is 44.0 Å². The lowest BCUT2D eigenvalue weighted by molar-refractivity contribution is -0.161. The topological polar surface area (TPSA) is 239 Å². The molecule has 0 spiro atoms. The molecular formula is C55H63F3N11O10P. The molecule has 0 radical (unpaired) electrons. The van der Waals surface area contributed by atoms with Crippen LogP contribution in [-0.2, 0) is 64.4 Å². The van der Waals surface area contributed by atoms with E-state index >= 15 is 13.2 Å². The number of piperazine rings is 1. The van der Waals surface area contributed by atoms with Crippen molar-refractivity contribution in [1.82, 2.24) is 33.8 Å². The highest BCUT2D eigenvalue weighted by Crippen LogP contribution is 2.43. The molecule has 9 heterocycles. The van der Waals surface area contributed by atoms with Gasteiger partial charge in [0, 0.05) is 122 Å². The second-order valence-corrected chi connectivity index (χ2v) is 23.5. The standard InChI is InChI=1S/C55H63F3N11O10P/c1-31-27-64(36-13-16-63(17-14-36)37-6-7-39-34(22-37)29-68(50(39)72)43-9-11-47(71)69(53(43)75)32(2)79-80(76,77)78)18-19-65(31)42-8-10-46(61-48(42)55(56,57)58)60-41-23-35(28-62(5)51(41)73)38-12-15-59-49(40(38)30-70)67-21-20-66-44(52(67)74)24-33-25-54(3,4)26-45(33)66/h6-8,10,12,15,22-24,28,31-32,36,43,70H,9,11,13-14,16-21,25-27,29-30H2,1-5H3,(H,60,61)(H2,76,77,78)/t31-,32?,43?/m0/s1/i5D3. The first kappa shape index (κ1) is 51.2. The Labute approximate surface area is 463 Å². The van der Waals surface area contributed by atoms with Gasteiger partial charge in [-0.1, -0.05) is 13.8 Å². The molecule has 0 saturated carbocycles. The first-order chi connectivity index (χ1) is 39.1. The number of likely N-dealkylation sites (tertiary alicyclic amines) is 1. The van der Waals surface area contributed by atoms with Crippen LogP contribution in [0, 0.1) is 5.41 Å². The summed E-state index contributed by atoms with van der Waals surface area (Å²) in [5, 5.41) is 13.5.